The molecule has 0 spiro atoms. The number of rotatable bonds is 18. The highest BCUT2D eigenvalue weighted by Crippen LogP contribution is 2.17. The zero-order valence-electron chi connectivity index (χ0n) is 32.3. The number of methoxy groups -OCH3 is 2. The van der Waals surface area contributed by atoms with Crippen LogP contribution in [-0.4, -0.2) is 78.2 Å². The smallest absolute Gasteiger partial charge is 0.408 e. The molecule has 0 aliphatic heterocycles. The van der Waals surface area contributed by atoms with Crippen LogP contribution in [-0.2, 0) is 43.4 Å². The Morgan fingerprint density at radius 1 is 0.750 bits per heavy atom. The first-order chi connectivity index (χ1) is 26.8. The average Bonchev–Trinajstić information content (AvgIpc) is 3.57. The van der Waals surface area contributed by atoms with E-state index in [4.69, 9.17) is 18.9 Å². The van der Waals surface area contributed by atoms with E-state index in [1.165, 1.54) is 17.9 Å². The maximum absolute atomic E-state index is 13.9. The van der Waals surface area contributed by atoms with Crippen molar-refractivity contribution < 1.29 is 42.9 Å². The molecule has 15 nitrogen and oxygen atoms in total. The highest BCUT2D eigenvalue weighted by atomic mass is 16.6. The number of carbonyl (C=O) groups is 5. The van der Waals surface area contributed by atoms with E-state index in [9.17, 15) is 24.0 Å². The number of esters is 1. The van der Waals surface area contributed by atoms with Crippen molar-refractivity contribution in [1.29, 1.82) is 0 Å². The maximum Gasteiger partial charge on any atom is 0.408 e. The number of nitrogens with zero attached hydrogens (tertiary/aromatic N) is 2. The highest BCUT2D eigenvalue weighted by molar-refractivity contribution is 5.98. The summed E-state index contributed by atoms with van der Waals surface area (Å²) in [4.78, 5) is 65.7. The molecule has 2 atom stereocenters. The van der Waals surface area contributed by atoms with E-state index in [0.717, 1.165) is 16.7 Å². The van der Waals surface area contributed by atoms with Crippen molar-refractivity contribution in [1.82, 2.24) is 25.7 Å². The molecule has 15 heteroatoms. The van der Waals surface area contributed by atoms with E-state index in [2.05, 4.69) is 26.4 Å². The predicted molar refractivity (Wildman–Crippen MR) is 208 cm³/mol. The molecule has 298 valence electrons. The van der Waals surface area contributed by atoms with Crippen LogP contribution in [0.3, 0.4) is 0 Å². The van der Waals surface area contributed by atoms with Gasteiger partial charge in [0.15, 0.2) is 5.82 Å². The number of hydrogen-bond donors (Lipinski definition) is 4. The summed E-state index contributed by atoms with van der Waals surface area (Å²) in [6.07, 6.45) is -0.249. The first-order valence-electron chi connectivity index (χ1n) is 18.2. The molecule has 0 aliphatic carbocycles. The Bertz CT molecular complexity index is 1890. The van der Waals surface area contributed by atoms with Crippen molar-refractivity contribution in [3.8, 4) is 5.75 Å². The quantitative estimate of drug-likeness (QED) is 0.0581. The molecule has 0 bridgehead atoms. The summed E-state index contributed by atoms with van der Waals surface area (Å²) in [7, 11) is 2.80. The average molecular weight is 771 g/mol. The van der Waals surface area contributed by atoms with Gasteiger partial charge in [0.1, 0.15) is 35.7 Å². The topological polar surface area (TPSA) is 188 Å². The van der Waals surface area contributed by atoms with E-state index in [-0.39, 0.29) is 44.0 Å². The largest absolute Gasteiger partial charge is 0.497 e. The number of unbranched alkanes of at least 4 members (excludes halogenated alkanes) is 1. The summed E-state index contributed by atoms with van der Waals surface area (Å²) in [5.41, 5.74) is 1.77. The van der Waals surface area contributed by atoms with Crippen LogP contribution in [0.4, 0.5) is 15.4 Å². The zero-order valence-corrected chi connectivity index (χ0v) is 32.3. The van der Waals surface area contributed by atoms with Gasteiger partial charge in [-0.3, -0.25) is 14.3 Å². The molecule has 0 unspecified atom stereocenters. The Hall–Kier alpha value is -6.38. The lowest BCUT2D eigenvalue weighted by molar-refractivity contribution is -0.128. The second-order valence-electron chi connectivity index (χ2n) is 13.8. The summed E-state index contributed by atoms with van der Waals surface area (Å²) >= 11 is 0. The van der Waals surface area contributed by atoms with Crippen molar-refractivity contribution >= 4 is 35.8 Å². The molecule has 0 radical (unpaired) electrons. The minimum absolute atomic E-state index is 0.00656. The number of carbonyl (C=O) groups excluding carboxylic acids is 5. The fraction of sp³-hybridized carbons (Fsp3) is 0.366. The minimum atomic E-state index is -1.11. The number of ether oxygens (including phenoxy) is 4. The maximum atomic E-state index is 13.9. The molecule has 4 aromatic rings. The van der Waals surface area contributed by atoms with Gasteiger partial charge >= 0.3 is 18.2 Å². The van der Waals surface area contributed by atoms with Gasteiger partial charge < -0.3 is 40.2 Å². The molecular formula is C41H50N6O9. The van der Waals surface area contributed by atoms with Gasteiger partial charge in [0, 0.05) is 19.0 Å². The zero-order chi connectivity index (χ0) is 40.5. The number of nitrogens with one attached hydrogen (secondary N) is 4. The molecule has 1 heterocycles. The third-order valence-electron chi connectivity index (χ3n) is 8.24. The van der Waals surface area contributed by atoms with Crippen LogP contribution in [0.25, 0.3) is 0 Å². The molecule has 4 N–H and O–H groups in total. The molecule has 3 aromatic carbocycles. The van der Waals surface area contributed by atoms with Crippen LogP contribution >= 0.6 is 0 Å². The molecular weight excluding hydrogens is 720 g/mol. The number of hydrogen-bond acceptors (Lipinski definition) is 10. The number of amides is 4. The van der Waals surface area contributed by atoms with Crippen LogP contribution < -0.4 is 26.0 Å². The van der Waals surface area contributed by atoms with Crippen LogP contribution in [0.5, 0.6) is 5.75 Å². The molecule has 1 aromatic heterocycles. The second kappa shape index (κ2) is 20.9. The van der Waals surface area contributed by atoms with Gasteiger partial charge in [0.25, 0.3) is 0 Å². The van der Waals surface area contributed by atoms with Gasteiger partial charge in [-0.25, -0.2) is 14.4 Å². The van der Waals surface area contributed by atoms with Gasteiger partial charge in [-0.05, 0) is 68.9 Å². The number of benzene rings is 3. The Labute approximate surface area is 326 Å². The number of alkyl carbamates (subject to hydrolysis) is 2. The number of aromatic nitrogens is 2. The van der Waals surface area contributed by atoms with Crippen molar-refractivity contribution in [3.05, 3.63) is 113 Å². The third kappa shape index (κ3) is 14.1. The first kappa shape index (κ1) is 42.4. The molecule has 56 heavy (non-hydrogen) atoms. The van der Waals surface area contributed by atoms with Gasteiger partial charge in [-0.1, -0.05) is 72.8 Å². The van der Waals surface area contributed by atoms with Gasteiger partial charge in [-0.2, -0.15) is 5.10 Å². The molecule has 4 rings (SSSR count). The second-order valence-corrected chi connectivity index (χ2v) is 13.8. The SMILES string of the molecule is COC(=O)c1cc(NC(=O)[C@H](CCCCNC(=O)OC(C)(C)C)NC(=O)[C@H](Cc2ccccc2)NC(=O)OCc2ccccc2)nn1Cc1ccc(OC)cc1. The van der Waals surface area contributed by atoms with E-state index in [1.54, 1.807) is 40.0 Å². The van der Waals surface area contributed by atoms with E-state index in [1.807, 2.05) is 72.8 Å². The van der Waals surface area contributed by atoms with Gasteiger partial charge in [0.05, 0.1) is 20.8 Å². The Morgan fingerprint density at radius 3 is 2.04 bits per heavy atom. The highest BCUT2D eigenvalue weighted by Gasteiger charge is 2.29. The minimum Gasteiger partial charge on any atom is -0.497 e. The van der Waals surface area contributed by atoms with Crippen molar-refractivity contribution in [2.24, 2.45) is 0 Å². The Morgan fingerprint density at radius 2 is 1.41 bits per heavy atom. The lowest BCUT2D eigenvalue weighted by Gasteiger charge is -2.23. The van der Waals surface area contributed by atoms with Gasteiger partial charge in [-0.15, -0.1) is 0 Å². The van der Waals surface area contributed by atoms with E-state index < -0.39 is 47.7 Å². The molecule has 0 fully saturated rings. The summed E-state index contributed by atoms with van der Waals surface area (Å²) in [6.45, 7) is 5.73. The summed E-state index contributed by atoms with van der Waals surface area (Å²) < 4.78 is 22.3. The monoisotopic (exact) mass is 770 g/mol. The van der Waals surface area contributed by atoms with Crippen LogP contribution in [0, 0.1) is 0 Å². The fourth-order valence-electron chi connectivity index (χ4n) is 5.47. The lowest BCUT2D eigenvalue weighted by Crippen LogP contribution is -2.53. The Kier molecular flexibility index (Phi) is 15.8. The standard InChI is InChI=1S/C41H50N6O9/c1-41(2,3)56-39(51)42-23-13-12-18-32(36(48)45-35-25-34(38(50)54-5)47(46-35)26-29-19-21-31(53-4)22-20-29)43-37(49)33(24-28-14-8-6-9-15-28)44-40(52)55-27-30-16-10-7-11-17-30/h6-11,14-17,19-22,25,32-33H,12-13,18,23-24,26-27H2,1-5H3,(H,42,51)(H,43,49)(H,44,52)(H,45,46,48)/t32-,33-/m0/s1. The predicted octanol–water partition coefficient (Wildman–Crippen LogP) is 5.38. The van der Waals surface area contributed by atoms with Crippen LogP contribution in [0.1, 0.15) is 67.2 Å². The van der Waals surface area contributed by atoms with Crippen molar-refractivity contribution in [2.45, 2.75) is 77.3 Å². The van der Waals surface area contributed by atoms with Gasteiger partial charge in [0.2, 0.25) is 11.8 Å². The van der Waals surface area contributed by atoms with Crippen molar-refractivity contribution in [3.63, 3.8) is 0 Å². The molecule has 0 aliphatic rings. The fourth-order valence-corrected chi connectivity index (χ4v) is 5.47. The normalized spacial score (nSPS) is 12.0. The molecule has 0 saturated carbocycles. The molecule has 0 saturated heterocycles. The van der Waals surface area contributed by atoms with Crippen molar-refractivity contribution in [2.75, 3.05) is 26.1 Å². The van der Waals surface area contributed by atoms with E-state index >= 15 is 0 Å². The third-order valence-corrected chi connectivity index (χ3v) is 8.24. The Balaban J connectivity index is 1.52. The molecule has 4 amide bonds. The van der Waals surface area contributed by atoms with E-state index in [0.29, 0.717) is 18.6 Å². The first-order valence-corrected chi connectivity index (χ1v) is 18.2. The summed E-state index contributed by atoms with van der Waals surface area (Å²) in [6, 6.07) is 24.6. The number of anilines is 1. The lowest BCUT2D eigenvalue weighted by atomic mass is 10.0. The summed E-state index contributed by atoms with van der Waals surface area (Å²) in [5, 5.41) is 15.3. The summed E-state index contributed by atoms with van der Waals surface area (Å²) in [5.74, 6) is -1.19. The van der Waals surface area contributed by atoms with Crippen LogP contribution in [0.15, 0.2) is 91.0 Å². The van der Waals surface area contributed by atoms with Crippen LogP contribution in [0.2, 0.25) is 0 Å².